The fourth-order valence-electron chi connectivity index (χ4n) is 4.50. The minimum atomic E-state index is -3.14. The van der Waals surface area contributed by atoms with Crippen molar-refractivity contribution in [2.24, 2.45) is 5.92 Å². The number of nitriles is 1. The lowest BCUT2D eigenvalue weighted by molar-refractivity contribution is -0.138. The van der Waals surface area contributed by atoms with Gasteiger partial charge in [0.25, 0.3) is 5.92 Å². The summed E-state index contributed by atoms with van der Waals surface area (Å²) in [5.41, 5.74) is -0.0903. The molecule has 6 radical (unpaired) electrons. The molecule has 1 N–H and O–H groups in total. The Morgan fingerprint density at radius 1 is 1.34 bits per heavy atom. The van der Waals surface area contributed by atoms with Crippen molar-refractivity contribution in [3.8, 4) is 6.07 Å². The summed E-state index contributed by atoms with van der Waals surface area (Å²) in [5, 5.41) is 17.1. The van der Waals surface area contributed by atoms with Gasteiger partial charge in [-0.25, -0.2) is 13.8 Å². The molecular weight excluding hydrogens is 375 g/mol. The number of pyridine rings is 1. The molecule has 6 nitrogen and oxygen atoms in total. The smallest absolute Gasteiger partial charge is 0.303 e. The summed E-state index contributed by atoms with van der Waals surface area (Å²) in [6.07, 6.45) is 0.294. The summed E-state index contributed by atoms with van der Waals surface area (Å²) in [6, 6.07) is 1.38. The number of carbonyl (C=O) groups is 1. The average molecular weight is 392 g/mol. The van der Waals surface area contributed by atoms with Crippen molar-refractivity contribution in [3.05, 3.63) is 16.7 Å². The number of fused-ring (bicyclic) bond motifs is 1. The largest absolute Gasteiger partial charge is 0.481 e. The Labute approximate surface area is 171 Å². The van der Waals surface area contributed by atoms with E-state index in [1.165, 1.54) is 0 Å². The molecule has 11 heteroatoms. The third-order valence-corrected chi connectivity index (χ3v) is 6.01. The molecule has 0 unspecified atom stereocenters. The van der Waals surface area contributed by atoms with Crippen LogP contribution >= 0.6 is 0 Å². The maximum atomic E-state index is 14.7. The zero-order chi connectivity index (χ0) is 21.1. The highest BCUT2D eigenvalue weighted by molar-refractivity contribution is 6.59. The molecule has 0 saturated carbocycles. The number of hydrogen-bond acceptors (Lipinski definition) is 5. The van der Waals surface area contributed by atoms with Crippen LogP contribution in [0, 0.1) is 17.2 Å². The first-order chi connectivity index (χ1) is 13.5. The first-order valence-corrected chi connectivity index (χ1v) is 9.48. The van der Waals surface area contributed by atoms with Gasteiger partial charge in [0.1, 0.15) is 23.3 Å². The summed E-state index contributed by atoms with van der Waals surface area (Å²) in [4.78, 5) is 18.9. The first kappa shape index (κ1) is 20.1. The number of rotatable bonds is 5. The van der Waals surface area contributed by atoms with E-state index in [0.717, 1.165) is 0 Å². The van der Waals surface area contributed by atoms with Crippen molar-refractivity contribution in [2.75, 3.05) is 29.4 Å². The van der Waals surface area contributed by atoms with E-state index in [1.807, 2.05) is 6.07 Å². The molecule has 2 fully saturated rings. The second kappa shape index (κ2) is 6.64. The van der Waals surface area contributed by atoms with E-state index in [9.17, 15) is 18.8 Å². The lowest BCUT2D eigenvalue weighted by atomic mass is 9.38. The van der Waals surface area contributed by atoms with E-state index >= 15 is 0 Å². The summed E-state index contributed by atoms with van der Waals surface area (Å²) in [6.45, 7) is 1.28. The van der Waals surface area contributed by atoms with Crippen molar-refractivity contribution in [3.63, 3.8) is 0 Å². The van der Waals surface area contributed by atoms with Gasteiger partial charge in [-0.05, 0) is 12.8 Å². The van der Waals surface area contributed by atoms with Crippen molar-refractivity contribution < 1.29 is 18.7 Å². The summed E-state index contributed by atoms with van der Waals surface area (Å²) < 4.78 is 29.5. The molecule has 1 atom stereocenters. The molecule has 2 saturated heterocycles. The normalized spacial score (nSPS) is 23.1. The van der Waals surface area contributed by atoms with Crippen LogP contribution in [-0.4, -0.2) is 65.3 Å². The van der Waals surface area contributed by atoms with Crippen LogP contribution in [0.5, 0.6) is 0 Å². The SMILES string of the molecule is [B]C([B])([B])[C@H]1CCN1c1nc(N2CC(CC(=O)O)C2)c2c(c1C#N)C(F)(F)CC2. The Hall–Kier alpha value is -2.24. The third-order valence-electron chi connectivity index (χ3n) is 6.01. The van der Waals surface area contributed by atoms with E-state index in [1.54, 1.807) is 9.80 Å². The fourth-order valence-corrected chi connectivity index (χ4v) is 4.50. The van der Waals surface area contributed by atoms with Gasteiger partial charge in [0, 0.05) is 49.1 Å². The molecular formula is C18H17B3F2N4O2. The molecule has 0 bridgehead atoms. The van der Waals surface area contributed by atoms with Gasteiger partial charge in [-0.15, -0.1) is 5.11 Å². The van der Waals surface area contributed by atoms with Gasteiger partial charge in [0.2, 0.25) is 0 Å². The Bertz CT molecular complexity index is 910. The summed E-state index contributed by atoms with van der Waals surface area (Å²) >= 11 is 0. The topological polar surface area (TPSA) is 80.5 Å². The van der Waals surface area contributed by atoms with Crippen molar-refractivity contribution in [2.45, 2.75) is 42.8 Å². The predicted molar refractivity (Wildman–Crippen MR) is 105 cm³/mol. The average Bonchev–Trinajstić information content (AvgIpc) is 2.83. The van der Waals surface area contributed by atoms with Gasteiger partial charge in [0.15, 0.2) is 0 Å². The quantitative estimate of drug-likeness (QED) is 0.756. The number of carboxylic acid groups (broad SMARTS) is 1. The van der Waals surface area contributed by atoms with Crippen LogP contribution in [-0.2, 0) is 17.1 Å². The molecule has 1 aliphatic carbocycles. The summed E-state index contributed by atoms with van der Waals surface area (Å²) in [7, 11) is 17.4. The van der Waals surface area contributed by atoms with Crippen LogP contribution in [0.25, 0.3) is 0 Å². The minimum absolute atomic E-state index is 0.0161. The standard InChI is InChI=1S/C18H17B3F2N4O2/c19-18(20,21)12-2-4-27(12)16-11(6-24)14-10(1-3-17(14,22)23)15(25-16)26-7-9(8-26)5-13(28)29/h9,12H,1-5,7-8H2,(H,28,29)/t12-/m1/s1. The number of carboxylic acids is 1. The van der Waals surface area contributed by atoms with Crippen molar-refractivity contribution >= 4 is 41.1 Å². The number of alkyl halides is 2. The van der Waals surface area contributed by atoms with Crippen LogP contribution in [0.1, 0.15) is 36.0 Å². The van der Waals surface area contributed by atoms with Gasteiger partial charge in [-0.2, -0.15) is 5.26 Å². The van der Waals surface area contributed by atoms with Crippen molar-refractivity contribution in [1.29, 1.82) is 5.26 Å². The van der Waals surface area contributed by atoms with Gasteiger partial charge in [0.05, 0.1) is 30.0 Å². The maximum Gasteiger partial charge on any atom is 0.303 e. The molecule has 0 aromatic carbocycles. The van der Waals surface area contributed by atoms with Gasteiger partial charge >= 0.3 is 5.97 Å². The Kier molecular flexibility index (Phi) is 4.60. The maximum absolute atomic E-state index is 14.7. The second-order valence-electron chi connectivity index (χ2n) is 8.17. The van der Waals surface area contributed by atoms with Gasteiger partial charge in [-0.1, -0.05) is 0 Å². The predicted octanol–water partition coefficient (Wildman–Crippen LogP) is 1.06. The first-order valence-electron chi connectivity index (χ1n) is 9.48. The second-order valence-corrected chi connectivity index (χ2v) is 8.17. The molecule has 1 aromatic rings. The molecule has 4 rings (SSSR count). The lowest BCUT2D eigenvalue weighted by Crippen LogP contribution is -2.56. The van der Waals surface area contributed by atoms with Crippen molar-refractivity contribution in [1.82, 2.24) is 4.98 Å². The van der Waals surface area contributed by atoms with Crippen LogP contribution in [0.15, 0.2) is 0 Å². The van der Waals surface area contributed by atoms with Gasteiger partial charge < -0.3 is 14.9 Å². The zero-order valence-corrected chi connectivity index (χ0v) is 15.7. The highest BCUT2D eigenvalue weighted by atomic mass is 19.3. The Morgan fingerprint density at radius 3 is 2.55 bits per heavy atom. The van der Waals surface area contributed by atoms with E-state index in [2.05, 4.69) is 4.98 Å². The molecule has 3 heterocycles. The van der Waals surface area contributed by atoms with Crippen LogP contribution < -0.4 is 9.80 Å². The number of aliphatic carboxylic acids is 1. The molecule has 29 heavy (non-hydrogen) atoms. The fraction of sp³-hybridized carbons (Fsp3) is 0.611. The highest BCUT2D eigenvalue weighted by Gasteiger charge is 2.48. The summed E-state index contributed by atoms with van der Waals surface area (Å²) in [5.74, 6) is -3.59. The molecule has 0 spiro atoms. The minimum Gasteiger partial charge on any atom is -0.481 e. The molecule has 3 aliphatic rings. The number of halogens is 2. The van der Waals surface area contributed by atoms with Crippen LogP contribution in [0.3, 0.4) is 0 Å². The van der Waals surface area contributed by atoms with E-state index in [4.69, 9.17) is 28.6 Å². The Balaban J connectivity index is 1.77. The molecule has 0 amide bonds. The molecule has 2 aliphatic heterocycles. The van der Waals surface area contributed by atoms with E-state index in [0.29, 0.717) is 37.4 Å². The lowest BCUT2D eigenvalue weighted by Gasteiger charge is -2.51. The van der Waals surface area contributed by atoms with Crippen LogP contribution in [0.4, 0.5) is 20.4 Å². The Morgan fingerprint density at radius 2 is 2.03 bits per heavy atom. The van der Waals surface area contributed by atoms with E-state index in [-0.39, 0.29) is 42.1 Å². The van der Waals surface area contributed by atoms with Gasteiger partial charge in [-0.3, -0.25) is 4.79 Å². The number of nitrogens with zero attached hydrogens (tertiary/aromatic N) is 4. The van der Waals surface area contributed by atoms with E-state index < -0.39 is 23.0 Å². The monoisotopic (exact) mass is 392 g/mol. The van der Waals surface area contributed by atoms with Crippen LogP contribution in [0.2, 0.25) is 5.11 Å². The number of aromatic nitrogens is 1. The number of anilines is 2. The molecule has 144 valence electrons. The zero-order valence-electron chi connectivity index (χ0n) is 15.7. The molecule has 1 aromatic heterocycles. The number of hydrogen-bond donors (Lipinski definition) is 1. The highest BCUT2D eigenvalue weighted by Crippen LogP contribution is 2.50. The third kappa shape index (κ3) is 3.26.